The molecular weight excluding hydrogens is 504 g/mol. The number of hydrogen-bond acceptors (Lipinski definition) is 6. The first-order chi connectivity index (χ1) is 19.4. The van der Waals surface area contributed by atoms with Gasteiger partial charge < -0.3 is 18.9 Å². The van der Waals surface area contributed by atoms with Crippen LogP contribution in [0.5, 0.6) is 0 Å². The van der Waals surface area contributed by atoms with Crippen LogP contribution in [0.15, 0.2) is 73.3 Å². The third-order valence-electron chi connectivity index (χ3n) is 9.08. The van der Waals surface area contributed by atoms with Crippen molar-refractivity contribution in [2.75, 3.05) is 14.2 Å². The number of ether oxygens (including phenoxy) is 4. The third kappa shape index (κ3) is 6.34. The van der Waals surface area contributed by atoms with Crippen LogP contribution in [0.4, 0.5) is 0 Å². The van der Waals surface area contributed by atoms with Gasteiger partial charge in [-0.15, -0.1) is 6.58 Å². The van der Waals surface area contributed by atoms with Gasteiger partial charge in [0.15, 0.2) is 18.0 Å². The zero-order valence-electron chi connectivity index (χ0n) is 24.2. The Hall–Kier alpha value is -2.96. The number of hydrogen-bond donors (Lipinski definition) is 0. The smallest absolute Gasteiger partial charge is 0.338 e. The highest BCUT2D eigenvalue weighted by atomic mass is 16.8. The second kappa shape index (κ2) is 13.6. The fraction of sp³-hybridized carbons (Fsp3) is 0.529. The summed E-state index contributed by atoms with van der Waals surface area (Å²) >= 11 is 0. The van der Waals surface area contributed by atoms with Crippen LogP contribution < -0.4 is 0 Å². The molecule has 0 spiro atoms. The number of benzene rings is 2. The summed E-state index contributed by atoms with van der Waals surface area (Å²) in [4.78, 5) is 25.5. The molecule has 2 aromatic carbocycles. The van der Waals surface area contributed by atoms with E-state index >= 15 is 0 Å². The van der Waals surface area contributed by atoms with Gasteiger partial charge in [-0.3, -0.25) is 0 Å². The van der Waals surface area contributed by atoms with Crippen molar-refractivity contribution >= 4 is 11.9 Å². The molecule has 1 saturated carbocycles. The number of esters is 2. The van der Waals surface area contributed by atoms with Crippen molar-refractivity contribution in [2.45, 2.75) is 88.6 Å². The van der Waals surface area contributed by atoms with Crippen LogP contribution in [0.1, 0.15) is 81.8 Å². The molecule has 1 aliphatic carbocycles. The predicted octanol–water partition coefficient (Wildman–Crippen LogP) is 7.09. The Bertz CT molecular complexity index is 1080. The lowest BCUT2D eigenvalue weighted by Crippen LogP contribution is -2.40. The average molecular weight is 549 g/mol. The van der Waals surface area contributed by atoms with Crippen molar-refractivity contribution in [1.82, 2.24) is 0 Å². The minimum Gasteiger partial charge on any atom is -0.467 e. The van der Waals surface area contributed by atoms with E-state index in [-0.39, 0.29) is 11.3 Å². The molecule has 2 fully saturated rings. The van der Waals surface area contributed by atoms with Gasteiger partial charge in [-0.05, 0) is 54.9 Å². The molecule has 6 heteroatoms. The average Bonchev–Trinajstić information content (AvgIpc) is 3.41. The summed E-state index contributed by atoms with van der Waals surface area (Å²) in [6.07, 6.45) is 8.94. The number of carbonyl (C=O) groups is 2. The number of allylic oxidation sites excluding steroid dienone is 1. The van der Waals surface area contributed by atoms with Gasteiger partial charge in [0.05, 0.1) is 14.2 Å². The SMILES string of the molecule is C=CC(CC1(c2ccccc2)O[C@@H](C(=O)OC)[C@H](C(=O)OC)O1)C1(CCCCC)CCC(c2ccccc2)CC1. The Balaban J connectivity index is 1.68. The fourth-order valence-corrected chi connectivity index (χ4v) is 6.80. The van der Waals surface area contributed by atoms with E-state index in [0.29, 0.717) is 12.3 Å². The lowest BCUT2D eigenvalue weighted by atomic mass is 9.59. The summed E-state index contributed by atoms with van der Waals surface area (Å²) in [6, 6.07) is 20.4. The lowest BCUT2D eigenvalue weighted by Gasteiger charge is -2.47. The van der Waals surface area contributed by atoms with Crippen molar-refractivity contribution in [3.63, 3.8) is 0 Å². The Labute approximate surface area is 239 Å². The summed E-state index contributed by atoms with van der Waals surface area (Å²) < 4.78 is 22.9. The first-order valence-electron chi connectivity index (χ1n) is 14.7. The van der Waals surface area contributed by atoms with E-state index in [4.69, 9.17) is 18.9 Å². The Morgan fingerprint density at radius 3 is 1.98 bits per heavy atom. The molecule has 1 saturated heterocycles. The molecule has 2 aliphatic rings. The number of carbonyl (C=O) groups excluding carboxylic acids is 2. The first kappa shape index (κ1) is 30.0. The summed E-state index contributed by atoms with van der Waals surface area (Å²) in [7, 11) is 2.56. The zero-order chi connectivity index (χ0) is 28.6. The first-order valence-corrected chi connectivity index (χ1v) is 14.7. The molecule has 216 valence electrons. The predicted molar refractivity (Wildman–Crippen MR) is 154 cm³/mol. The fourth-order valence-electron chi connectivity index (χ4n) is 6.80. The molecule has 2 aromatic rings. The molecule has 0 bridgehead atoms. The zero-order valence-corrected chi connectivity index (χ0v) is 24.2. The maximum Gasteiger partial charge on any atom is 0.338 e. The largest absolute Gasteiger partial charge is 0.467 e. The van der Waals surface area contributed by atoms with E-state index in [2.05, 4.69) is 43.8 Å². The van der Waals surface area contributed by atoms with Crippen LogP contribution in [0, 0.1) is 11.3 Å². The number of unbranched alkanes of at least 4 members (excludes halogenated alkanes) is 2. The molecule has 0 N–H and O–H groups in total. The Kier molecular flexibility index (Phi) is 10.2. The van der Waals surface area contributed by atoms with Crippen molar-refractivity contribution in [3.8, 4) is 0 Å². The summed E-state index contributed by atoms with van der Waals surface area (Å²) in [5.74, 6) is -2.07. The van der Waals surface area contributed by atoms with Crippen LogP contribution in [0.25, 0.3) is 0 Å². The van der Waals surface area contributed by atoms with E-state index < -0.39 is 29.9 Å². The summed E-state index contributed by atoms with van der Waals surface area (Å²) in [5, 5.41) is 0. The van der Waals surface area contributed by atoms with Crippen LogP contribution in [0.3, 0.4) is 0 Å². The molecule has 40 heavy (non-hydrogen) atoms. The normalized spacial score (nSPS) is 26.5. The molecule has 4 rings (SSSR count). The van der Waals surface area contributed by atoms with Gasteiger partial charge in [0.2, 0.25) is 0 Å². The molecule has 1 unspecified atom stereocenters. The van der Waals surface area contributed by atoms with E-state index in [1.165, 1.54) is 26.2 Å². The van der Waals surface area contributed by atoms with Gasteiger partial charge >= 0.3 is 11.9 Å². The van der Waals surface area contributed by atoms with Crippen molar-refractivity contribution in [1.29, 1.82) is 0 Å². The molecular formula is C34H44O6. The van der Waals surface area contributed by atoms with E-state index in [9.17, 15) is 9.59 Å². The molecule has 6 nitrogen and oxygen atoms in total. The van der Waals surface area contributed by atoms with Gasteiger partial charge in [0, 0.05) is 12.0 Å². The van der Waals surface area contributed by atoms with Crippen LogP contribution in [-0.2, 0) is 34.3 Å². The maximum atomic E-state index is 12.8. The Morgan fingerprint density at radius 2 is 1.48 bits per heavy atom. The van der Waals surface area contributed by atoms with E-state index in [0.717, 1.165) is 50.5 Å². The number of rotatable bonds is 12. The standard InChI is InChI=1S/C34H44O6/c1-5-7-14-21-33(22-19-26(20-23-33)25-15-10-8-11-16-25)27(6-2)24-34(28-17-12-9-13-18-28)39-29(31(35)37-3)30(40-34)32(36)38-4/h6,8-13,15-18,26-27,29-30H,2,5,7,14,19-24H2,1,3-4H3/t26?,27?,29-,30-,33?/m1/s1. The van der Waals surface area contributed by atoms with Gasteiger partial charge in [-0.25, -0.2) is 9.59 Å². The second-order valence-electron chi connectivity index (χ2n) is 11.3. The van der Waals surface area contributed by atoms with E-state index in [1.54, 1.807) is 0 Å². The molecule has 1 aliphatic heterocycles. The Morgan fingerprint density at radius 1 is 0.925 bits per heavy atom. The monoisotopic (exact) mass is 548 g/mol. The maximum absolute atomic E-state index is 12.8. The van der Waals surface area contributed by atoms with Gasteiger partial charge in [0.1, 0.15) is 0 Å². The summed E-state index contributed by atoms with van der Waals surface area (Å²) in [6.45, 7) is 6.53. The van der Waals surface area contributed by atoms with Crippen LogP contribution in [0.2, 0.25) is 0 Å². The summed E-state index contributed by atoms with van der Waals surface area (Å²) in [5.41, 5.74) is 2.18. The molecule has 0 aromatic heterocycles. The van der Waals surface area contributed by atoms with Gasteiger partial charge in [-0.1, -0.05) is 92.9 Å². The van der Waals surface area contributed by atoms with Crippen LogP contribution in [-0.4, -0.2) is 38.4 Å². The van der Waals surface area contributed by atoms with Crippen molar-refractivity contribution in [3.05, 3.63) is 84.4 Å². The van der Waals surface area contributed by atoms with Gasteiger partial charge in [0.25, 0.3) is 0 Å². The molecule has 0 radical (unpaired) electrons. The third-order valence-corrected chi connectivity index (χ3v) is 9.08. The quantitative estimate of drug-likeness (QED) is 0.160. The minimum atomic E-state index is -1.33. The molecule has 3 atom stereocenters. The molecule has 1 heterocycles. The topological polar surface area (TPSA) is 71.1 Å². The van der Waals surface area contributed by atoms with Crippen molar-refractivity contribution in [2.24, 2.45) is 11.3 Å². The molecule has 0 amide bonds. The number of methoxy groups -OCH3 is 2. The second-order valence-corrected chi connectivity index (χ2v) is 11.3. The van der Waals surface area contributed by atoms with Crippen molar-refractivity contribution < 1.29 is 28.5 Å². The van der Waals surface area contributed by atoms with Crippen LogP contribution >= 0.6 is 0 Å². The highest BCUT2D eigenvalue weighted by molar-refractivity contribution is 5.86. The minimum absolute atomic E-state index is 0.0147. The van der Waals surface area contributed by atoms with E-state index in [1.807, 2.05) is 36.4 Å². The van der Waals surface area contributed by atoms with Gasteiger partial charge in [-0.2, -0.15) is 0 Å². The lowest BCUT2D eigenvalue weighted by molar-refractivity contribution is -0.208. The highest BCUT2D eigenvalue weighted by Crippen LogP contribution is 2.55. The highest BCUT2D eigenvalue weighted by Gasteiger charge is 2.57.